The molecule has 1 atom stereocenters. The molecule has 6 nitrogen and oxygen atoms in total. The maximum atomic E-state index is 12.7. The van der Waals surface area contributed by atoms with Gasteiger partial charge in [0.1, 0.15) is 13.2 Å². The number of hydrogen-bond donors (Lipinski definition) is 0. The first-order valence-electron chi connectivity index (χ1n) is 25.7. The summed E-state index contributed by atoms with van der Waals surface area (Å²) in [6.07, 6.45) is 51.9. The zero-order valence-electron chi connectivity index (χ0n) is 39.1. The zero-order valence-corrected chi connectivity index (χ0v) is 39.1. The first-order chi connectivity index (χ1) is 28.5. The van der Waals surface area contributed by atoms with Gasteiger partial charge in [-0.3, -0.25) is 14.4 Å². The van der Waals surface area contributed by atoms with E-state index in [0.717, 1.165) is 64.2 Å². The standard InChI is InChI=1S/C52H98O6/c1-4-7-10-13-16-19-22-23-24-25-26-27-28-31-33-36-39-42-45-51(54)57-48-49(58-52(55)46-43-40-37-34-30-21-18-15-12-9-6-3)47-56-50(53)44-41-38-35-32-29-20-17-14-11-8-5-2/h26-27,49H,4-25,28-48H2,1-3H3/b27-26-. The Bertz CT molecular complexity index is 900. The van der Waals surface area contributed by atoms with Gasteiger partial charge in [0, 0.05) is 19.3 Å². The Kier molecular flexibility index (Phi) is 46.3. The van der Waals surface area contributed by atoms with Crippen molar-refractivity contribution < 1.29 is 28.6 Å². The molecule has 0 amide bonds. The van der Waals surface area contributed by atoms with Crippen molar-refractivity contribution in [3.63, 3.8) is 0 Å². The second kappa shape index (κ2) is 47.8. The number of hydrogen-bond acceptors (Lipinski definition) is 6. The first kappa shape index (κ1) is 56.1. The van der Waals surface area contributed by atoms with E-state index in [4.69, 9.17) is 14.2 Å². The third-order valence-electron chi connectivity index (χ3n) is 11.5. The molecule has 0 aliphatic heterocycles. The van der Waals surface area contributed by atoms with E-state index < -0.39 is 6.10 Å². The summed E-state index contributed by atoms with van der Waals surface area (Å²) in [5.41, 5.74) is 0. The lowest BCUT2D eigenvalue weighted by Gasteiger charge is -2.18. The Morgan fingerprint density at radius 1 is 0.328 bits per heavy atom. The van der Waals surface area contributed by atoms with Crippen LogP contribution in [0.15, 0.2) is 12.2 Å². The SMILES string of the molecule is CCCCCCCCCCC/C=C\CCCCCCCC(=O)OCC(COC(=O)CCCCCCCCCCCCC)OC(=O)CCCCCCCCCCCCC. The molecule has 0 radical (unpaired) electrons. The molecule has 1 unspecified atom stereocenters. The van der Waals surface area contributed by atoms with Crippen LogP contribution >= 0.6 is 0 Å². The molecule has 0 spiro atoms. The lowest BCUT2D eigenvalue weighted by molar-refractivity contribution is -0.167. The average Bonchev–Trinajstić information content (AvgIpc) is 3.22. The van der Waals surface area contributed by atoms with Gasteiger partial charge in [-0.2, -0.15) is 0 Å². The highest BCUT2D eigenvalue weighted by atomic mass is 16.6. The summed E-state index contributed by atoms with van der Waals surface area (Å²) in [6, 6.07) is 0. The number of unbranched alkanes of at least 4 members (excludes halogenated alkanes) is 34. The molecule has 0 aromatic heterocycles. The van der Waals surface area contributed by atoms with Crippen LogP contribution in [-0.4, -0.2) is 37.2 Å². The molecule has 0 rings (SSSR count). The fourth-order valence-electron chi connectivity index (χ4n) is 7.61. The van der Waals surface area contributed by atoms with Crippen LogP contribution in [0.2, 0.25) is 0 Å². The van der Waals surface area contributed by atoms with E-state index in [1.807, 2.05) is 0 Å². The minimum Gasteiger partial charge on any atom is -0.462 e. The van der Waals surface area contributed by atoms with E-state index in [0.29, 0.717) is 19.3 Å². The smallest absolute Gasteiger partial charge is 0.306 e. The van der Waals surface area contributed by atoms with Crippen molar-refractivity contribution in [3.05, 3.63) is 12.2 Å². The third-order valence-corrected chi connectivity index (χ3v) is 11.5. The predicted octanol–water partition coefficient (Wildman–Crippen LogP) is 16.6. The Labute approximate surface area is 360 Å². The summed E-state index contributed by atoms with van der Waals surface area (Å²) in [4.78, 5) is 37.8. The summed E-state index contributed by atoms with van der Waals surface area (Å²) in [6.45, 7) is 6.65. The highest BCUT2D eigenvalue weighted by Crippen LogP contribution is 2.16. The largest absolute Gasteiger partial charge is 0.462 e. The molecule has 0 saturated carbocycles. The number of carbonyl (C=O) groups is 3. The van der Waals surface area contributed by atoms with Gasteiger partial charge in [0.15, 0.2) is 6.10 Å². The highest BCUT2D eigenvalue weighted by molar-refractivity contribution is 5.71. The zero-order chi connectivity index (χ0) is 42.3. The summed E-state index contributed by atoms with van der Waals surface area (Å²) in [5.74, 6) is -0.863. The van der Waals surface area contributed by atoms with Crippen molar-refractivity contribution in [2.24, 2.45) is 0 Å². The van der Waals surface area contributed by atoms with Crippen molar-refractivity contribution in [2.45, 2.75) is 290 Å². The number of esters is 3. The molecule has 0 bridgehead atoms. The van der Waals surface area contributed by atoms with Crippen LogP contribution in [0.1, 0.15) is 284 Å². The van der Waals surface area contributed by atoms with Crippen molar-refractivity contribution in [2.75, 3.05) is 13.2 Å². The van der Waals surface area contributed by atoms with Crippen LogP contribution in [0.25, 0.3) is 0 Å². The summed E-state index contributed by atoms with van der Waals surface area (Å²) >= 11 is 0. The Balaban J connectivity index is 4.28. The maximum Gasteiger partial charge on any atom is 0.306 e. The van der Waals surface area contributed by atoms with Gasteiger partial charge in [0.05, 0.1) is 0 Å². The highest BCUT2D eigenvalue weighted by Gasteiger charge is 2.19. The van der Waals surface area contributed by atoms with E-state index >= 15 is 0 Å². The van der Waals surface area contributed by atoms with Gasteiger partial charge in [0.25, 0.3) is 0 Å². The first-order valence-corrected chi connectivity index (χ1v) is 25.7. The lowest BCUT2D eigenvalue weighted by atomic mass is 10.1. The number of allylic oxidation sites excluding steroid dienone is 2. The van der Waals surface area contributed by atoms with Crippen LogP contribution in [0.5, 0.6) is 0 Å². The van der Waals surface area contributed by atoms with E-state index in [2.05, 4.69) is 32.9 Å². The molecule has 58 heavy (non-hydrogen) atoms. The van der Waals surface area contributed by atoms with Crippen LogP contribution in [0.3, 0.4) is 0 Å². The van der Waals surface area contributed by atoms with E-state index in [9.17, 15) is 14.4 Å². The fraction of sp³-hybridized carbons (Fsp3) is 0.904. The van der Waals surface area contributed by atoms with Gasteiger partial charge in [-0.05, 0) is 44.9 Å². The minimum absolute atomic E-state index is 0.0677. The predicted molar refractivity (Wildman–Crippen MR) is 247 cm³/mol. The molecule has 0 aromatic carbocycles. The third kappa shape index (κ3) is 45.2. The number of ether oxygens (including phenoxy) is 3. The Morgan fingerprint density at radius 3 is 0.862 bits per heavy atom. The van der Waals surface area contributed by atoms with E-state index in [-0.39, 0.29) is 31.1 Å². The molecule has 0 fully saturated rings. The Hall–Kier alpha value is -1.85. The average molecular weight is 819 g/mol. The molecule has 6 heteroatoms. The maximum absolute atomic E-state index is 12.7. The van der Waals surface area contributed by atoms with Crippen LogP contribution in [0.4, 0.5) is 0 Å². The van der Waals surface area contributed by atoms with E-state index in [1.54, 1.807) is 0 Å². The summed E-state index contributed by atoms with van der Waals surface area (Å²) in [5, 5.41) is 0. The second-order valence-corrected chi connectivity index (χ2v) is 17.4. The van der Waals surface area contributed by atoms with Crippen molar-refractivity contribution in [1.29, 1.82) is 0 Å². The number of carbonyl (C=O) groups excluding carboxylic acids is 3. The van der Waals surface area contributed by atoms with Gasteiger partial charge >= 0.3 is 17.9 Å². The topological polar surface area (TPSA) is 78.9 Å². The van der Waals surface area contributed by atoms with Crippen molar-refractivity contribution in [3.8, 4) is 0 Å². The van der Waals surface area contributed by atoms with Gasteiger partial charge < -0.3 is 14.2 Å². The van der Waals surface area contributed by atoms with Gasteiger partial charge in [-0.1, -0.05) is 232 Å². The monoisotopic (exact) mass is 819 g/mol. The number of rotatable bonds is 47. The molecule has 0 N–H and O–H groups in total. The fourth-order valence-corrected chi connectivity index (χ4v) is 7.61. The minimum atomic E-state index is -0.765. The van der Waals surface area contributed by atoms with E-state index in [1.165, 1.54) is 180 Å². The van der Waals surface area contributed by atoms with Crippen LogP contribution < -0.4 is 0 Å². The quantitative estimate of drug-likeness (QED) is 0.0263. The molecule has 0 aliphatic rings. The van der Waals surface area contributed by atoms with Crippen LogP contribution in [-0.2, 0) is 28.6 Å². The molecule has 0 saturated heterocycles. The van der Waals surface area contributed by atoms with Gasteiger partial charge in [-0.15, -0.1) is 0 Å². The molecule has 0 aliphatic carbocycles. The normalized spacial score (nSPS) is 12.0. The van der Waals surface area contributed by atoms with Crippen LogP contribution in [0, 0.1) is 0 Å². The van der Waals surface area contributed by atoms with Gasteiger partial charge in [-0.25, -0.2) is 0 Å². The molecule has 0 heterocycles. The van der Waals surface area contributed by atoms with Gasteiger partial charge in [0.2, 0.25) is 0 Å². The van der Waals surface area contributed by atoms with Crippen molar-refractivity contribution >= 4 is 17.9 Å². The lowest BCUT2D eigenvalue weighted by Crippen LogP contribution is -2.30. The molecular formula is C52H98O6. The molecular weight excluding hydrogens is 721 g/mol. The summed E-state index contributed by atoms with van der Waals surface area (Å²) < 4.78 is 16.8. The second-order valence-electron chi connectivity index (χ2n) is 17.4. The molecule has 342 valence electrons. The summed E-state index contributed by atoms with van der Waals surface area (Å²) in [7, 11) is 0. The van der Waals surface area contributed by atoms with Crippen molar-refractivity contribution in [1.82, 2.24) is 0 Å². The Morgan fingerprint density at radius 2 is 0.569 bits per heavy atom. The molecule has 0 aromatic rings.